The predicted octanol–water partition coefficient (Wildman–Crippen LogP) is 1.85. The molecule has 1 aromatic carbocycles. The van der Waals surface area contributed by atoms with Gasteiger partial charge in [-0.2, -0.15) is 4.98 Å². The van der Waals surface area contributed by atoms with Crippen molar-refractivity contribution in [1.29, 1.82) is 0 Å². The Kier molecular flexibility index (Phi) is 2.95. The summed E-state index contributed by atoms with van der Waals surface area (Å²) in [5, 5.41) is 14.9. The lowest BCUT2D eigenvalue weighted by molar-refractivity contribution is 0.340. The molecule has 0 aliphatic carbocycles. The Morgan fingerprint density at radius 1 is 1.22 bits per heavy atom. The van der Waals surface area contributed by atoms with Crippen molar-refractivity contribution in [3.8, 4) is 5.69 Å². The highest BCUT2D eigenvalue weighted by Crippen LogP contribution is 2.27. The monoisotopic (exact) mass is 280 g/mol. The molecule has 0 spiro atoms. The second kappa shape index (κ2) is 4.75. The fourth-order valence-electron chi connectivity index (χ4n) is 1.28. The van der Waals surface area contributed by atoms with Crippen molar-refractivity contribution in [3.05, 3.63) is 35.9 Å². The molecule has 0 saturated heterocycles. The minimum absolute atomic E-state index is 0.0998. The van der Waals surface area contributed by atoms with Crippen LogP contribution in [0.15, 0.2) is 45.2 Å². The molecule has 7 nitrogen and oxygen atoms in total. The lowest BCUT2D eigenvalue weighted by atomic mass is 10.3. The Balaban J connectivity index is 1.79. The van der Waals surface area contributed by atoms with E-state index >= 15 is 0 Å². The fourth-order valence-corrected chi connectivity index (χ4v) is 2.12. The van der Waals surface area contributed by atoms with Crippen LogP contribution >= 0.6 is 23.4 Å². The number of hydrogen-bond acceptors (Lipinski definition) is 7. The highest BCUT2D eigenvalue weighted by Gasteiger charge is 2.06. The molecule has 3 rings (SSSR count). The van der Waals surface area contributed by atoms with Gasteiger partial charge >= 0.3 is 0 Å². The summed E-state index contributed by atoms with van der Waals surface area (Å²) < 4.78 is 6.47. The zero-order valence-electron chi connectivity index (χ0n) is 8.76. The average Bonchev–Trinajstić information content (AvgIpc) is 3.02. The third kappa shape index (κ3) is 2.34. The lowest BCUT2D eigenvalue weighted by Crippen LogP contribution is -1.94. The molecule has 0 atom stereocenters. The SMILES string of the molecule is Clc1noc(Sc2ccc(-n3cnnn3)cc2)n1. The van der Waals surface area contributed by atoms with Crippen LogP contribution in [0.2, 0.25) is 5.28 Å². The van der Waals surface area contributed by atoms with Gasteiger partial charge in [0.2, 0.25) is 0 Å². The minimum Gasteiger partial charge on any atom is -0.326 e. The van der Waals surface area contributed by atoms with Crippen LogP contribution < -0.4 is 0 Å². The first kappa shape index (κ1) is 11.2. The molecule has 0 unspecified atom stereocenters. The summed E-state index contributed by atoms with van der Waals surface area (Å²) in [5.74, 6) is 0. The van der Waals surface area contributed by atoms with Crippen LogP contribution in [-0.2, 0) is 0 Å². The number of nitrogens with zero attached hydrogens (tertiary/aromatic N) is 6. The molecule has 0 aliphatic rings. The topological polar surface area (TPSA) is 82.5 Å². The van der Waals surface area contributed by atoms with E-state index in [0.717, 1.165) is 10.6 Å². The molecule has 0 saturated carbocycles. The van der Waals surface area contributed by atoms with Crippen LogP contribution in [0.1, 0.15) is 0 Å². The number of hydrogen-bond donors (Lipinski definition) is 0. The second-order valence-electron chi connectivity index (χ2n) is 3.18. The van der Waals surface area contributed by atoms with E-state index in [0.29, 0.717) is 5.22 Å². The van der Waals surface area contributed by atoms with Crippen LogP contribution in [0.5, 0.6) is 0 Å². The maximum Gasteiger partial charge on any atom is 0.291 e. The number of aromatic nitrogens is 6. The Morgan fingerprint density at radius 3 is 2.67 bits per heavy atom. The van der Waals surface area contributed by atoms with Crippen LogP contribution in [0.4, 0.5) is 0 Å². The second-order valence-corrected chi connectivity index (χ2v) is 4.54. The van der Waals surface area contributed by atoms with Crippen molar-refractivity contribution in [3.63, 3.8) is 0 Å². The standard InChI is InChI=1S/C9H5ClN6OS/c10-8-12-9(17-13-8)18-7-3-1-6(2-4-7)16-5-11-14-15-16/h1-5H. The summed E-state index contributed by atoms with van der Waals surface area (Å²) in [6, 6.07) is 7.58. The third-order valence-corrected chi connectivity index (χ3v) is 3.04. The molecule has 18 heavy (non-hydrogen) atoms. The number of benzene rings is 1. The van der Waals surface area contributed by atoms with Gasteiger partial charge < -0.3 is 4.52 Å². The van der Waals surface area contributed by atoms with E-state index < -0.39 is 0 Å². The maximum absolute atomic E-state index is 5.56. The van der Waals surface area contributed by atoms with Crippen molar-refractivity contribution in [2.24, 2.45) is 0 Å². The fraction of sp³-hybridized carbons (Fsp3) is 0. The molecule has 0 aliphatic heterocycles. The van der Waals surface area contributed by atoms with Gasteiger partial charge in [-0.25, -0.2) is 4.68 Å². The summed E-state index contributed by atoms with van der Waals surface area (Å²) >= 11 is 6.89. The minimum atomic E-state index is 0.0998. The van der Waals surface area contributed by atoms with Crippen LogP contribution in [0.3, 0.4) is 0 Å². The summed E-state index contributed by atoms with van der Waals surface area (Å²) in [7, 11) is 0. The van der Waals surface area contributed by atoms with E-state index in [2.05, 4.69) is 25.7 Å². The Bertz CT molecular complexity index is 637. The first-order chi connectivity index (χ1) is 8.81. The van der Waals surface area contributed by atoms with Crippen molar-refractivity contribution in [1.82, 2.24) is 30.3 Å². The highest BCUT2D eigenvalue weighted by molar-refractivity contribution is 7.99. The zero-order valence-corrected chi connectivity index (χ0v) is 10.3. The summed E-state index contributed by atoms with van der Waals surface area (Å²) in [5.41, 5.74) is 0.868. The van der Waals surface area contributed by atoms with E-state index in [1.165, 1.54) is 18.1 Å². The molecule has 2 heterocycles. The van der Waals surface area contributed by atoms with Crippen molar-refractivity contribution < 1.29 is 4.52 Å². The van der Waals surface area contributed by atoms with E-state index in [1.807, 2.05) is 24.3 Å². The first-order valence-corrected chi connectivity index (χ1v) is 6.01. The molecular weight excluding hydrogens is 276 g/mol. The highest BCUT2D eigenvalue weighted by atomic mass is 35.5. The van der Waals surface area contributed by atoms with E-state index in [9.17, 15) is 0 Å². The summed E-state index contributed by atoms with van der Waals surface area (Å²) in [6.07, 6.45) is 1.53. The molecule has 0 radical (unpaired) electrons. The molecule has 0 amide bonds. The lowest BCUT2D eigenvalue weighted by Gasteiger charge is -2.00. The molecule has 3 aromatic rings. The van der Waals surface area contributed by atoms with Gasteiger partial charge in [-0.3, -0.25) is 0 Å². The molecule has 0 fully saturated rings. The number of halogens is 1. The Labute approximate surface area is 110 Å². The zero-order chi connectivity index (χ0) is 12.4. The Hall–Kier alpha value is -1.93. The molecule has 0 bridgehead atoms. The maximum atomic E-state index is 5.56. The van der Waals surface area contributed by atoms with Crippen molar-refractivity contribution in [2.75, 3.05) is 0 Å². The van der Waals surface area contributed by atoms with Gasteiger partial charge in [-0.1, -0.05) is 0 Å². The molecule has 9 heteroatoms. The third-order valence-electron chi connectivity index (χ3n) is 2.04. The van der Waals surface area contributed by atoms with Gasteiger partial charge in [0.1, 0.15) is 6.33 Å². The number of tetrazole rings is 1. The van der Waals surface area contributed by atoms with Gasteiger partial charge in [0, 0.05) is 4.90 Å². The van der Waals surface area contributed by atoms with E-state index in [4.69, 9.17) is 16.1 Å². The normalized spacial score (nSPS) is 10.7. The molecule has 0 N–H and O–H groups in total. The molecular formula is C9H5ClN6OS. The smallest absolute Gasteiger partial charge is 0.291 e. The first-order valence-electron chi connectivity index (χ1n) is 4.82. The van der Waals surface area contributed by atoms with Crippen molar-refractivity contribution in [2.45, 2.75) is 10.1 Å². The van der Waals surface area contributed by atoms with Crippen LogP contribution in [0, 0.1) is 0 Å². The van der Waals surface area contributed by atoms with Crippen molar-refractivity contribution >= 4 is 23.4 Å². The Morgan fingerprint density at radius 2 is 2.06 bits per heavy atom. The summed E-state index contributed by atoms with van der Waals surface area (Å²) in [4.78, 5) is 4.84. The number of rotatable bonds is 3. The largest absolute Gasteiger partial charge is 0.326 e. The molecule has 2 aromatic heterocycles. The van der Waals surface area contributed by atoms with Gasteiger partial charge in [0.15, 0.2) is 0 Å². The van der Waals surface area contributed by atoms with Gasteiger partial charge in [-0.15, -0.1) is 5.10 Å². The van der Waals surface area contributed by atoms with Crippen LogP contribution in [0.25, 0.3) is 5.69 Å². The average molecular weight is 281 g/mol. The molecule has 90 valence electrons. The van der Waals surface area contributed by atoms with Gasteiger partial charge in [0.05, 0.1) is 5.69 Å². The quantitative estimate of drug-likeness (QED) is 0.724. The van der Waals surface area contributed by atoms with Gasteiger partial charge in [0.25, 0.3) is 10.5 Å². The summed E-state index contributed by atoms with van der Waals surface area (Å²) in [6.45, 7) is 0. The van der Waals surface area contributed by atoms with Gasteiger partial charge in [-0.05, 0) is 63.2 Å². The predicted molar refractivity (Wildman–Crippen MR) is 62.6 cm³/mol. The van der Waals surface area contributed by atoms with E-state index in [1.54, 1.807) is 4.68 Å². The van der Waals surface area contributed by atoms with Crippen LogP contribution in [-0.4, -0.2) is 30.3 Å². The van der Waals surface area contributed by atoms with E-state index in [-0.39, 0.29) is 5.28 Å².